The van der Waals surface area contributed by atoms with Gasteiger partial charge in [-0.2, -0.15) is 0 Å². The third kappa shape index (κ3) is 2.26. The molecule has 0 radical (unpaired) electrons. The van der Waals surface area contributed by atoms with Crippen LogP contribution in [0, 0.1) is 0 Å². The quantitative estimate of drug-likeness (QED) is 0.918. The van der Waals surface area contributed by atoms with Crippen LogP contribution in [0.4, 0.5) is 0 Å². The van der Waals surface area contributed by atoms with Crippen LogP contribution in [-0.2, 0) is 4.74 Å². The predicted molar refractivity (Wildman–Crippen MR) is 61.5 cm³/mol. The Morgan fingerprint density at radius 1 is 1.53 bits per heavy atom. The van der Waals surface area contributed by atoms with Gasteiger partial charge in [-0.05, 0) is 48.0 Å². The third-order valence-corrected chi connectivity index (χ3v) is 3.14. The summed E-state index contributed by atoms with van der Waals surface area (Å²) >= 11 is 3.38. The summed E-state index contributed by atoms with van der Waals surface area (Å²) < 4.78 is 11.6. The summed E-state index contributed by atoms with van der Waals surface area (Å²) in [5.41, 5.74) is 1.07. The van der Waals surface area contributed by atoms with Crippen molar-refractivity contribution in [2.24, 2.45) is 0 Å². The van der Waals surface area contributed by atoms with Crippen LogP contribution in [0.1, 0.15) is 24.4 Å². The van der Waals surface area contributed by atoms with Crippen molar-refractivity contribution < 1.29 is 9.15 Å². The van der Waals surface area contributed by atoms with Crippen molar-refractivity contribution in [1.29, 1.82) is 0 Å². The van der Waals surface area contributed by atoms with Gasteiger partial charge < -0.3 is 14.5 Å². The molecule has 0 aliphatic carbocycles. The van der Waals surface area contributed by atoms with Crippen LogP contribution in [0.5, 0.6) is 0 Å². The van der Waals surface area contributed by atoms with Gasteiger partial charge in [-0.3, -0.25) is 0 Å². The van der Waals surface area contributed by atoms with Gasteiger partial charge >= 0.3 is 0 Å². The Hall–Kier alpha value is -0.740. The molecule has 1 aliphatic rings. The summed E-state index contributed by atoms with van der Waals surface area (Å²) in [4.78, 5) is 0. The normalized spacial score (nSPS) is 18.1. The highest BCUT2D eigenvalue weighted by Gasteiger charge is 2.21. The Bertz CT molecular complexity index is 359. The van der Waals surface area contributed by atoms with Crippen LogP contribution in [0.25, 0.3) is 0 Å². The second kappa shape index (κ2) is 4.86. The number of furan rings is 1. The Balaban J connectivity index is 2.24. The number of hydrogen-bond acceptors (Lipinski definition) is 3. The molecule has 1 aromatic heterocycles. The minimum atomic E-state index is 0.0819. The minimum Gasteiger partial charge on any atom is -0.496 e. The molecule has 1 aromatic rings. The average molecular weight is 272 g/mol. The summed E-state index contributed by atoms with van der Waals surface area (Å²) in [5.74, 6) is 0.992. The molecule has 1 aliphatic heterocycles. The fourth-order valence-electron chi connectivity index (χ4n) is 1.74. The third-order valence-electron chi connectivity index (χ3n) is 2.49. The Morgan fingerprint density at radius 2 is 2.40 bits per heavy atom. The molecule has 0 fully saturated rings. The number of halogens is 1. The lowest BCUT2D eigenvalue weighted by molar-refractivity contribution is 0.169. The number of allylic oxidation sites excluding steroid dienone is 1. The first-order valence-electron chi connectivity index (χ1n) is 5.06. The second-order valence-electron chi connectivity index (χ2n) is 3.47. The summed E-state index contributed by atoms with van der Waals surface area (Å²) in [6.45, 7) is 0.805. The van der Waals surface area contributed by atoms with Gasteiger partial charge in [0.25, 0.3) is 0 Å². The smallest absolute Gasteiger partial charge is 0.174 e. The van der Waals surface area contributed by atoms with Crippen LogP contribution in [0.3, 0.4) is 0 Å². The van der Waals surface area contributed by atoms with E-state index >= 15 is 0 Å². The van der Waals surface area contributed by atoms with E-state index in [1.54, 1.807) is 6.26 Å². The van der Waals surface area contributed by atoms with E-state index in [1.807, 2.05) is 13.1 Å². The van der Waals surface area contributed by atoms with Crippen molar-refractivity contribution in [3.05, 3.63) is 34.4 Å². The average Bonchev–Trinajstić information content (AvgIpc) is 2.68. The lowest BCUT2D eigenvalue weighted by Gasteiger charge is -2.22. The molecule has 0 bridgehead atoms. The monoisotopic (exact) mass is 271 g/mol. The molecule has 1 N–H and O–H groups in total. The van der Waals surface area contributed by atoms with Crippen molar-refractivity contribution in [3.63, 3.8) is 0 Å². The highest BCUT2D eigenvalue weighted by atomic mass is 79.9. The van der Waals surface area contributed by atoms with Crippen LogP contribution < -0.4 is 5.32 Å². The summed E-state index contributed by atoms with van der Waals surface area (Å²) in [6, 6.07) is 2.03. The van der Waals surface area contributed by atoms with Crippen LogP contribution in [-0.4, -0.2) is 13.7 Å². The Kier molecular flexibility index (Phi) is 3.49. The maximum absolute atomic E-state index is 5.65. The highest BCUT2D eigenvalue weighted by molar-refractivity contribution is 9.10. The van der Waals surface area contributed by atoms with Crippen LogP contribution >= 0.6 is 15.9 Å². The summed E-state index contributed by atoms with van der Waals surface area (Å²) in [6.07, 6.45) is 6.01. The summed E-state index contributed by atoms with van der Waals surface area (Å²) in [7, 11) is 1.92. The lowest BCUT2D eigenvalue weighted by Crippen LogP contribution is -2.21. The van der Waals surface area contributed by atoms with Crippen molar-refractivity contribution in [2.75, 3.05) is 13.7 Å². The molecule has 1 atom stereocenters. The molecule has 0 amide bonds. The van der Waals surface area contributed by atoms with Crippen molar-refractivity contribution in [2.45, 2.75) is 18.9 Å². The first-order chi connectivity index (χ1) is 7.33. The predicted octanol–water partition coefficient (Wildman–Crippen LogP) is 3.00. The molecule has 1 unspecified atom stereocenters. The maximum Gasteiger partial charge on any atom is 0.174 e. The highest BCUT2D eigenvalue weighted by Crippen LogP contribution is 2.31. The van der Waals surface area contributed by atoms with E-state index in [0.717, 1.165) is 35.4 Å². The van der Waals surface area contributed by atoms with Crippen LogP contribution in [0.15, 0.2) is 33.3 Å². The zero-order valence-electron chi connectivity index (χ0n) is 8.63. The van der Waals surface area contributed by atoms with Gasteiger partial charge in [0.05, 0.1) is 18.9 Å². The molecule has 0 spiro atoms. The van der Waals surface area contributed by atoms with Gasteiger partial charge in [-0.1, -0.05) is 0 Å². The molecular weight excluding hydrogens is 258 g/mol. The van der Waals surface area contributed by atoms with Gasteiger partial charge in [-0.15, -0.1) is 0 Å². The van der Waals surface area contributed by atoms with E-state index in [1.165, 1.54) is 0 Å². The molecule has 2 heterocycles. The van der Waals surface area contributed by atoms with E-state index in [4.69, 9.17) is 9.15 Å². The van der Waals surface area contributed by atoms with Gasteiger partial charge in [0, 0.05) is 5.56 Å². The molecule has 0 saturated carbocycles. The van der Waals surface area contributed by atoms with Crippen molar-refractivity contribution in [3.8, 4) is 0 Å². The van der Waals surface area contributed by atoms with Gasteiger partial charge in [0.2, 0.25) is 0 Å². The summed E-state index contributed by atoms with van der Waals surface area (Å²) in [5, 5.41) is 3.23. The maximum atomic E-state index is 5.65. The van der Waals surface area contributed by atoms with E-state index in [0.29, 0.717) is 0 Å². The Morgan fingerprint density at radius 3 is 2.93 bits per heavy atom. The minimum absolute atomic E-state index is 0.0819. The van der Waals surface area contributed by atoms with E-state index in [-0.39, 0.29) is 6.04 Å². The molecule has 3 nitrogen and oxygen atoms in total. The van der Waals surface area contributed by atoms with E-state index in [2.05, 4.69) is 27.3 Å². The zero-order chi connectivity index (χ0) is 10.7. The first kappa shape index (κ1) is 10.8. The molecule has 2 rings (SSSR count). The number of ether oxygens (including phenoxy) is 1. The number of nitrogens with one attached hydrogen (secondary N) is 1. The number of hydrogen-bond donors (Lipinski definition) is 1. The SMILES string of the molecule is CNC(C1=CCCCO1)c1ccoc1Br. The topological polar surface area (TPSA) is 34.4 Å². The van der Waals surface area contributed by atoms with Crippen molar-refractivity contribution in [1.82, 2.24) is 5.32 Å². The Labute approximate surface area is 97.6 Å². The first-order valence-corrected chi connectivity index (χ1v) is 5.85. The second-order valence-corrected chi connectivity index (χ2v) is 4.19. The van der Waals surface area contributed by atoms with Gasteiger partial charge in [0.15, 0.2) is 4.67 Å². The van der Waals surface area contributed by atoms with E-state index < -0.39 is 0 Å². The molecule has 15 heavy (non-hydrogen) atoms. The number of rotatable bonds is 3. The molecule has 82 valence electrons. The largest absolute Gasteiger partial charge is 0.496 e. The van der Waals surface area contributed by atoms with Crippen molar-refractivity contribution >= 4 is 15.9 Å². The van der Waals surface area contributed by atoms with Gasteiger partial charge in [0.1, 0.15) is 5.76 Å². The number of likely N-dealkylation sites (N-methyl/N-ethyl adjacent to an activating group) is 1. The molecule has 4 heteroatoms. The molecular formula is C11H14BrNO2. The fourth-order valence-corrected chi connectivity index (χ4v) is 2.21. The van der Waals surface area contributed by atoms with E-state index in [9.17, 15) is 0 Å². The molecule has 0 aromatic carbocycles. The lowest BCUT2D eigenvalue weighted by atomic mass is 10.1. The van der Waals surface area contributed by atoms with Gasteiger partial charge in [-0.25, -0.2) is 0 Å². The fraction of sp³-hybridized carbons (Fsp3) is 0.455. The standard InChI is InChI=1S/C11H14BrNO2/c1-13-10(8-5-7-15-11(8)12)9-4-2-3-6-14-9/h4-5,7,10,13H,2-3,6H2,1H3. The zero-order valence-corrected chi connectivity index (χ0v) is 10.2. The molecule has 0 saturated heterocycles. The van der Waals surface area contributed by atoms with Crippen LogP contribution in [0.2, 0.25) is 0 Å².